The number of nitrogens with one attached hydrogen (secondary N) is 1. The van der Waals surface area contributed by atoms with Crippen molar-refractivity contribution < 1.29 is 9.18 Å². The van der Waals surface area contributed by atoms with Crippen LogP contribution in [-0.4, -0.2) is 16.8 Å². The zero-order valence-electron chi connectivity index (χ0n) is 14.3. The maximum Gasteiger partial charge on any atom is 0.227 e. The fourth-order valence-electron chi connectivity index (χ4n) is 4.63. The molecule has 25 heavy (non-hydrogen) atoms. The largest absolute Gasteiger partial charge is 0.379 e. The molecule has 2 atom stereocenters. The quantitative estimate of drug-likeness (QED) is 0.855. The van der Waals surface area contributed by atoms with Crippen molar-refractivity contribution in [3.63, 3.8) is 0 Å². The summed E-state index contributed by atoms with van der Waals surface area (Å²) in [7, 11) is 0. The zero-order chi connectivity index (χ0) is 17.4. The normalized spacial score (nSPS) is 29.3. The number of fused-ring (bicyclic) bond motifs is 1. The number of carbonyl (C=O) groups is 1. The van der Waals surface area contributed by atoms with Crippen molar-refractivity contribution in [3.8, 4) is 0 Å². The van der Waals surface area contributed by atoms with E-state index in [2.05, 4.69) is 5.32 Å². The Morgan fingerprint density at radius 2 is 2.08 bits per heavy atom. The molecular formula is C19H24FN3OS. The number of hydrogen-bond donors (Lipinski definition) is 2. The molecule has 0 spiro atoms. The number of halogens is 1. The van der Waals surface area contributed by atoms with E-state index in [1.54, 1.807) is 23.9 Å². The first-order valence-electron chi connectivity index (χ1n) is 9.17. The summed E-state index contributed by atoms with van der Waals surface area (Å²) < 4.78 is 14.7. The van der Waals surface area contributed by atoms with Gasteiger partial charge in [-0.25, -0.2) is 4.39 Å². The SMILES string of the molecule is NC1=NC2(c3cc(NC(=O)C4CCCC4)ccc3F)CCCC2CS1. The van der Waals surface area contributed by atoms with Gasteiger partial charge in [0.05, 0.1) is 5.54 Å². The topological polar surface area (TPSA) is 67.5 Å². The van der Waals surface area contributed by atoms with E-state index < -0.39 is 5.54 Å². The molecule has 1 aromatic carbocycles. The highest BCUT2D eigenvalue weighted by Gasteiger charge is 2.48. The molecular weight excluding hydrogens is 337 g/mol. The highest BCUT2D eigenvalue weighted by atomic mass is 32.2. The lowest BCUT2D eigenvalue weighted by Crippen LogP contribution is -2.37. The molecule has 2 fully saturated rings. The predicted octanol–water partition coefficient (Wildman–Crippen LogP) is 4.01. The predicted molar refractivity (Wildman–Crippen MR) is 100 cm³/mol. The maximum atomic E-state index is 14.7. The molecule has 0 saturated heterocycles. The Morgan fingerprint density at radius 1 is 1.28 bits per heavy atom. The van der Waals surface area contributed by atoms with Crippen molar-refractivity contribution in [2.24, 2.45) is 22.6 Å². The highest BCUT2D eigenvalue weighted by Crippen LogP contribution is 2.51. The molecule has 1 aliphatic heterocycles. The molecule has 2 saturated carbocycles. The zero-order valence-corrected chi connectivity index (χ0v) is 15.1. The van der Waals surface area contributed by atoms with E-state index in [0.29, 0.717) is 22.3 Å². The molecule has 2 aliphatic carbocycles. The monoisotopic (exact) mass is 361 g/mol. The summed E-state index contributed by atoms with van der Waals surface area (Å²) in [5.74, 6) is 1.07. The second-order valence-electron chi connectivity index (χ2n) is 7.44. The van der Waals surface area contributed by atoms with Gasteiger partial charge in [-0.3, -0.25) is 9.79 Å². The van der Waals surface area contributed by atoms with Crippen LogP contribution in [0.1, 0.15) is 50.5 Å². The van der Waals surface area contributed by atoms with Crippen molar-refractivity contribution in [2.75, 3.05) is 11.1 Å². The third-order valence-electron chi connectivity index (χ3n) is 5.95. The van der Waals surface area contributed by atoms with Gasteiger partial charge in [0.1, 0.15) is 5.82 Å². The van der Waals surface area contributed by atoms with Gasteiger partial charge in [-0.15, -0.1) is 0 Å². The summed E-state index contributed by atoms with van der Waals surface area (Å²) >= 11 is 1.56. The van der Waals surface area contributed by atoms with Crippen LogP contribution in [0.2, 0.25) is 0 Å². The minimum Gasteiger partial charge on any atom is -0.379 e. The second kappa shape index (κ2) is 6.63. The summed E-state index contributed by atoms with van der Waals surface area (Å²) in [5, 5.41) is 3.53. The van der Waals surface area contributed by atoms with Crippen LogP contribution in [-0.2, 0) is 10.3 Å². The molecule has 0 radical (unpaired) electrons. The molecule has 0 aromatic heterocycles. The Hall–Kier alpha value is -1.56. The number of aliphatic imine (C=N–C) groups is 1. The van der Waals surface area contributed by atoms with E-state index in [9.17, 15) is 9.18 Å². The fraction of sp³-hybridized carbons (Fsp3) is 0.579. The smallest absolute Gasteiger partial charge is 0.227 e. The maximum absolute atomic E-state index is 14.7. The first-order valence-corrected chi connectivity index (χ1v) is 10.2. The minimum atomic E-state index is -0.562. The molecule has 0 bridgehead atoms. The van der Waals surface area contributed by atoms with Gasteiger partial charge in [0.25, 0.3) is 0 Å². The number of nitrogens with two attached hydrogens (primary N) is 1. The molecule has 2 unspecified atom stereocenters. The van der Waals surface area contributed by atoms with Crippen LogP contribution in [0.25, 0.3) is 0 Å². The van der Waals surface area contributed by atoms with Gasteiger partial charge < -0.3 is 11.1 Å². The second-order valence-corrected chi connectivity index (χ2v) is 8.48. The Balaban J connectivity index is 1.65. The van der Waals surface area contributed by atoms with Gasteiger partial charge in [-0.2, -0.15) is 0 Å². The van der Waals surface area contributed by atoms with Crippen LogP contribution in [0.5, 0.6) is 0 Å². The Labute approximate surface area is 151 Å². The number of anilines is 1. The van der Waals surface area contributed by atoms with Crippen molar-refractivity contribution >= 4 is 28.5 Å². The van der Waals surface area contributed by atoms with Crippen LogP contribution in [0, 0.1) is 17.7 Å². The molecule has 134 valence electrons. The Bertz CT molecular complexity index is 717. The highest BCUT2D eigenvalue weighted by molar-refractivity contribution is 8.13. The summed E-state index contributed by atoms with van der Waals surface area (Å²) in [4.78, 5) is 17.1. The van der Waals surface area contributed by atoms with Crippen LogP contribution in [0.4, 0.5) is 10.1 Å². The van der Waals surface area contributed by atoms with Gasteiger partial charge in [-0.05, 0) is 49.8 Å². The van der Waals surface area contributed by atoms with Gasteiger partial charge >= 0.3 is 0 Å². The number of thioether (sulfide) groups is 1. The fourth-order valence-corrected chi connectivity index (χ4v) is 5.67. The molecule has 3 aliphatic rings. The first kappa shape index (κ1) is 16.9. The third kappa shape index (κ3) is 3.05. The number of amidine groups is 1. The summed E-state index contributed by atoms with van der Waals surface area (Å²) in [6.07, 6.45) is 7.01. The van der Waals surface area contributed by atoms with Gasteiger partial charge in [0.15, 0.2) is 5.17 Å². The summed E-state index contributed by atoms with van der Waals surface area (Å²) in [6, 6.07) is 4.89. The lowest BCUT2D eigenvalue weighted by molar-refractivity contribution is -0.119. The first-order chi connectivity index (χ1) is 12.1. The number of benzene rings is 1. The standard InChI is InChI=1S/C19H24FN3OS/c20-16-8-7-14(22-17(24)12-4-1-2-5-12)10-15(16)19-9-3-6-13(19)11-25-18(21)23-19/h7-8,10,12-13H,1-6,9,11H2,(H2,21,23)(H,22,24). The van der Waals surface area contributed by atoms with E-state index in [1.165, 1.54) is 6.07 Å². The molecule has 4 nitrogen and oxygen atoms in total. The Morgan fingerprint density at radius 3 is 2.88 bits per heavy atom. The van der Waals surface area contributed by atoms with Crippen molar-refractivity contribution in [1.82, 2.24) is 0 Å². The van der Waals surface area contributed by atoms with Crippen LogP contribution < -0.4 is 11.1 Å². The number of amides is 1. The molecule has 4 rings (SSSR count). The van der Waals surface area contributed by atoms with Crippen molar-refractivity contribution in [2.45, 2.75) is 50.5 Å². The van der Waals surface area contributed by atoms with E-state index in [0.717, 1.165) is 50.7 Å². The molecule has 1 heterocycles. The third-order valence-corrected chi connectivity index (χ3v) is 6.91. The van der Waals surface area contributed by atoms with Crippen LogP contribution in [0.3, 0.4) is 0 Å². The van der Waals surface area contributed by atoms with E-state index in [-0.39, 0.29) is 17.6 Å². The van der Waals surface area contributed by atoms with Crippen LogP contribution >= 0.6 is 11.8 Å². The molecule has 1 amide bonds. The molecule has 3 N–H and O–H groups in total. The van der Waals surface area contributed by atoms with E-state index in [1.807, 2.05) is 0 Å². The number of hydrogen-bond acceptors (Lipinski definition) is 4. The molecule has 6 heteroatoms. The van der Waals surface area contributed by atoms with Gasteiger partial charge in [0, 0.05) is 22.9 Å². The molecule has 1 aromatic rings. The number of rotatable bonds is 3. The van der Waals surface area contributed by atoms with Gasteiger partial charge in [0.2, 0.25) is 5.91 Å². The Kier molecular flexibility index (Phi) is 4.48. The summed E-state index contributed by atoms with van der Waals surface area (Å²) in [6.45, 7) is 0. The van der Waals surface area contributed by atoms with E-state index >= 15 is 0 Å². The lowest BCUT2D eigenvalue weighted by atomic mass is 9.81. The number of carbonyl (C=O) groups excluding carboxylic acids is 1. The summed E-state index contributed by atoms with van der Waals surface area (Å²) in [5.41, 5.74) is 6.68. The lowest BCUT2D eigenvalue weighted by Gasteiger charge is -2.36. The van der Waals surface area contributed by atoms with E-state index in [4.69, 9.17) is 10.7 Å². The average molecular weight is 361 g/mol. The van der Waals surface area contributed by atoms with Gasteiger partial charge in [-0.1, -0.05) is 31.0 Å². The van der Waals surface area contributed by atoms with Crippen molar-refractivity contribution in [1.29, 1.82) is 0 Å². The minimum absolute atomic E-state index is 0.0535. The van der Waals surface area contributed by atoms with Crippen LogP contribution in [0.15, 0.2) is 23.2 Å². The van der Waals surface area contributed by atoms with Crippen molar-refractivity contribution in [3.05, 3.63) is 29.6 Å². The number of nitrogens with zero attached hydrogens (tertiary/aromatic N) is 1. The average Bonchev–Trinajstić information content (AvgIpc) is 3.25.